The Morgan fingerprint density at radius 2 is 1.81 bits per heavy atom. The van der Waals surface area contributed by atoms with E-state index in [2.05, 4.69) is 4.98 Å². The second-order valence-electron chi connectivity index (χ2n) is 8.19. The third-order valence-electron chi connectivity index (χ3n) is 5.67. The zero-order valence-electron chi connectivity index (χ0n) is 18.0. The quantitative estimate of drug-likeness (QED) is 0.513. The number of aliphatic hydroxyl groups is 2. The van der Waals surface area contributed by atoms with Gasteiger partial charge in [0.1, 0.15) is 11.2 Å². The summed E-state index contributed by atoms with van der Waals surface area (Å²) in [6.45, 7) is 5.27. The number of nitrogens with zero attached hydrogens (tertiary/aromatic N) is 2. The van der Waals surface area contributed by atoms with Gasteiger partial charge in [0.15, 0.2) is 0 Å². The van der Waals surface area contributed by atoms with E-state index in [-0.39, 0.29) is 35.7 Å². The summed E-state index contributed by atoms with van der Waals surface area (Å²) in [6, 6.07) is 9.30. The van der Waals surface area contributed by atoms with Crippen molar-refractivity contribution in [2.45, 2.75) is 46.3 Å². The minimum Gasteiger partial charge on any atom is -0.477 e. The van der Waals surface area contributed by atoms with Gasteiger partial charge in [0.25, 0.3) is 0 Å². The predicted molar refractivity (Wildman–Crippen MR) is 118 cm³/mol. The van der Waals surface area contributed by atoms with Gasteiger partial charge in [-0.05, 0) is 42.9 Å². The van der Waals surface area contributed by atoms with Crippen LogP contribution in [0.2, 0.25) is 0 Å². The molecule has 0 fully saturated rings. The molecule has 0 unspecified atom stereocenters. The highest BCUT2D eigenvalue weighted by molar-refractivity contribution is 5.92. The first-order valence-electron chi connectivity index (χ1n) is 10.3. The van der Waals surface area contributed by atoms with Crippen molar-refractivity contribution in [3.8, 4) is 0 Å². The Morgan fingerprint density at radius 1 is 1.13 bits per heavy atom. The molecule has 7 heteroatoms. The maximum absolute atomic E-state index is 12.9. The number of aliphatic hydroxyl groups excluding tert-OH is 2. The van der Waals surface area contributed by atoms with Gasteiger partial charge in [-0.25, -0.2) is 9.78 Å². The molecule has 0 saturated heterocycles. The van der Waals surface area contributed by atoms with Crippen LogP contribution in [0, 0.1) is 12.8 Å². The highest BCUT2D eigenvalue weighted by Gasteiger charge is 2.23. The molecule has 3 N–H and O–H groups in total. The Kier molecular flexibility index (Phi) is 6.87. The summed E-state index contributed by atoms with van der Waals surface area (Å²) in [7, 11) is 0. The first-order chi connectivity index (χ1) is 14.8. The average molecular weight is 424 g/mol. The van der Waals surface area contributed by atoms with Crippen LogP contribution in [-0.2, 0) is 19.4 Å². The molecule has 0 amide bonds. The summed E-state index contributed by atoms with van der Waals surface area (Å²) in [5, 5.41) is 29.5. The topological polar surface area (TPSA) is 113 Å². The number of hydrogen-bond acceptors (Lipinski definition) is 5. The molecule has 3 rings (SSSR count). The van der Waals surface area contributed by atoms with Crippen molar-refractivity contribution in [2.24, 2.45) is 5.92 Å². The standard InChI is InChI=1S/C24H28N2O5/c1-14(2)21(13-28)26-11-19(24(30)31)22(29)18-10-17(20(12-27)25-23(18)26)9-8-16-6-4-15(3)5-7-16/h4-7,10-11,14,21,27-28H,8-9,12-13H2,1-3H3,(H,30,31)/t21-/m1/s1. The number of pyridine rings is 2. The summed E-state index contributed by atoms with van der Waals surface area (Å²) in [5.74, 6) is -1.36. The lowest BCUT2D eigenvalue weighted by Crippen LogP contribution is -2.26. The summed E-state index contributed by atoms with van der Waals surface area (Å²) in [5.41, 5.74) is 2.71. The molecule has 2 aromatic heterocycles. The Bertz CT molecular complexity index is 1150. The molecule has 1 atom stereocenters. The van der Waals surface area contributed by atoms with Gasteiger partial charge in [0, 0.05) is 6.20 Å². The van der Waals surface area contributed by atoms with E-state index in [1.165, 1.54) is 6.20 Å². The summed E-state index contributed by atoms with van der Waals surface area (Å²) < 4.78 is 1.55. The zero-order chi connectivity index (χ0) is 22.7. The number of benzene rings is 1. The molecule has 2 heterocycles. The molecule has 3 aromatic rings. The van der Waals surface area contributed by atoms with Crippen molar-refractivity contribution >= 4 is 17.0 Å². The summed E-state index contributed by atoms with van der Waals surface area (Å²) in [6.07, 6.45) is 2.48. The average Bonchev–Trinajstić information content (AvgIpc) is 2.74. The molecule has 0 aliphatic rings. The Balaban J connectivity index is 2.17. The molecule has 1 aromatic carbocycles. The minimum absolute atomic E-state index is 0.0297. The number of hydrogen-bond donors (Lipinski definition) is 3. The molecule has 0 saturated carbocycles. The van der Waals surface area contributed by atoms with E-state index in [0.29, 0.717) is 24.1 Å². The van der Waals surface area contributed by atoms with E-state index in [0.717, 1.165) is 11.1 Å². The van der Waals surface area contributed by atoms with Gasteiger partial charge in [-0.2, -0.15) is 0 Å². The van der Waals surface area contributed by atoms with Crippen LogP contribution in [0.25, 0.3) is 11.0 Å². The SMILES string of the molecule is Cc1ccc(CCc2cc3c(=O)c(C(=O)O)cn([C@H](CO)C(C)C)c3nc2CO)cc1. The molecule has 0 aliphatic carbocycles. The van der Waals surface area contributed by atoms with Crippen LogP contribution in [-0.4, -0.2) is 37.4 Å². The second kappa shape index (κ2) is 9.41. The second-order valence-corrected chi connectivity index (χ2v) is 8.19. The monoisotopic (exact) mass is 424 g/mol. The number of carbonyl (C=O) groups is 1. The number of aromatic nitrogens is 2. The molecule has 0 bridgehead atoms. The van der Waals surface area contributed by atoms with E-state index in [9.17, 15) is 24.9 Å². The lowest BCUT2D eigenvalue weighted by Gasteiger charge is -2.24. The first kappa shape index (κ1) is 22.7. The molecular weight excluding hydrogens is 396 g/mol. The van der Waals surface area contributed by atoms with E-state index in [4.69, 9.17) is 0 Å². The van der Waals surface area contributed by atoms with Crippen LogP contribution in [0.15, 0.2) is 41.3 Å². The predicted octanol–water partition coefficient (Wildman–Crippen LogP) is 2.87. The maximum Gasteiger partial charge on any atom is 0.341 e. The fourth-order valence-electron chi connectivity index (χ4n) is 3.76. The largest absolute Gasteiger partial charge is 0.477 e. The minimum atomic E-state index is -1.33. The Hall–Kier alpha value is -3.03. The van der Waals surface area contributed by atoms with Gasteiger partial charge < -0.3 is 19.9 Å². The van der Waals surface area contributed by atoms with E-state index in [1.807, 2.05) is 45.0 Å². The molecule has 0 aliphatic heterocycles. The smallest absolute Gasteiger partial charge is 0.341 e. The van der Waals surface area contributed by atoms with E-state index in [1.54, 1.807) is 10.6 Å². The van der Waals surface area contributed by atoms with Gasteiger partial charge in [-0.3, -0.25) is 4.79 Å². The third-order valence-corrected chi connectivity index (χ3v) is 5.67. The first-order valence-corrected chi connectivity index (χ1v) is 10.3. The fourth-order valence-corrected chi connectivity index (χ4v) is 3.76. The summed E-state index contributed by atoms with van der Waals surface area (Å²) in [4.78, 5) is 29.2. The Labute approximate surface area is 180 Å². The van der Waals surface area contributed by atoms with Crippen molar-refractivity contribution in [3.05, 3.63) is 74.7 Å². The van der Waals surface area contributed by atoms with Crippen molar-refractivity contribution in [2.75, 3.05) is 6.61 Å². The van der Waals surface area contributed by atoms with Crippen molar-refractivity contribution in [1.29, 1.82) is 0 Å². The molecule has 164 valence electrons. The number of carboxylic acid groups (broad SMARTS) is 1. The molecular formula is C24H28N2O5. The van der Waals surface area contributed by atoms with Crippen LogP contribution in [0.3, 0.4) is 0 Å². The number of aryl methyl sites for hydroxylation is 3. The van der Waals surface area contributed by atoms with Gasteiger partial charge in [-0.15, -0.1) is 0 Å². The van der Waals surface area contributed by atoms with Crippen molar-refractivity contribution in [1.82, 2.24) is 9.55 Å². The van der Waals surface area contributed by atoms with Gasteiger partial charge in [0.05, 0.1) is 30.3 Å². The zero-order valence-corrected chi connectivity index (χ0v) is 18.0. The van der Waals surface area contributed by atoms with Crippen LogP contribution >= 0.6 is 0 Å². The highest BCUT2D eigenvalue weighted by atomic mass is 16.4. The molecule has 7 nitrogen and oxygen atoms in total. The number of carboxylic acids is 1. The van der Waals surface area contributed by atoms with Gasteiger partial charge in [-0.1, -0.05) is 43.7 Å². The van der Waals surface area contributed by atoms with Crippen LogP contribution in [0.5, 0.6) is 0 Å². The molecule has 0 radical (unpaired) electrons. The Morgan fingerprint density at radius 3 is 2.35 bits per heavy atom. The third kappa shape index (κ3) is 4.68. The highest BCUT2D eigenvalue weighted by Crippen LogP contribution is 2.24. The summed E-state index contributed by atoms with van der Waals surface area (Å²) >= 11 is 0. The van der Waals surface area contributed by atoms with E-state index < -0.39 is 17.4 Å². The van der Waals surface area contributed by atoms with Crippen LogP contribution < -0.4 is 5.43 Å². The van der Waals surface area contributed by atoms with Gasteiger partial charge >= 0.3 is 5.97 Å². The van der Waals surface area contributed by atoms with Crippen LogP contribution in [0.1, 0.15) is 52.6 Å². The number of fused-ring (bicyclic) bond motifs is 1. The maximum atomic E-state index is 12.9. The number of rotatable bonds is 8. The number of aromatic carboxylic acids is 1. The fraction of sp³-hybridized carbons (Fsp3) is 0.375. The molecule has 0 spiro atoms. The van der Waals surface area contributed by atoms with Crippen LogP contribution in [0.4, 0.5) is 0 Å². The normalized spacial score (nSPS) is 12.5. The van der Waals surface area contributed by atoms with E-state index >= 15 is 0 Å². The van der Waals surface area contributed by atoms with Crippen molar-refractivity contribution < 1.29 is 20.1 Å². The van der Waals surface area contributed by atoms with Crippen molar-refractivity contribution in [3.63, 3.8) is 0 Å². The molecule has 31 heavy (non-hydrogen) atoms. The lowest BCUT2D eigenvalue weighted by atomic mass is 10.00. The lowest BCUT2D eigenvalue weighted by molar-refractivity contribution is 0.0694. The van der Waals surface area contributed by atoms with Gasteiger partial charge in [0.2, 0.25) is 5.43 Å².